The molecule has 2 heteroatoms. The third-order valence-corrected chi connectivity index (χ3v) is 5.26. The Morgan fingerprint density at radius 2 is 1.65 bits per heavy atom. The van der Waals surface area contributed by atoms with Gasteiger partial charge in [-0.05, 0) is 64.0 Å². The Bertz CT molecular complexity index is 221. The van der Waals surface area contributed by atoms with Crippen molar-refractivity contribution in [1.82, 2.24) is 4.90 Å². The second-order valence-corrected chi connectivity index (χ2v) is 6.43. The summed E-state index contributed by atoms with van der Waals surface area (Å²) in [4.78, 5) is 2.70. The molecule has 0 amide bonds. The molecule has 2 fully saturated rings. The van der Waals surface area contributed by atoms with Crippen molar-refractivity contribution in [3.8, 4) is 0 Å². The fraction of sp³-hybridized carbons (Fsp3) is 1.00. The summed E-state index contributed by atoms with van der Waals surface area (Å²) in [7, 11) is 2.36. The molecule has 0 saturated heterocycles. The van der Waals surface area contributed by atoms with Crippen molar-refractivity contribution in [2.75, 3.05) is 13.6 Å². The van der Waals surface area contributed by atoms with Crippen LogP contribution in [0.1, 0.15) is 58.3 Å². The molecule has 0 radical (unpaired) electrons. The predicted molar refractivity (Wildman–Crippen MR) is 74.0 cm³/mol. The molecule has 0 bridgehead atoms. The number of hydrogen-bond acceptors (Lipinski definition) is 2. The zero-order valence-electron chi connectivity index (χ0n) is 11.7. The Kier molecular flexibility index (Phi) is 4.87. The Morgan fingerprint density at radius 3 is 2.29 bits per heavy atom. The van der Waals surface area contributed by atoms with Gasteiger partial charge in [0.05, 0.1) is 0 Å². The highest BCUT2D eigenvalue weighted by molar-refractivity contribution is 4.87. The molecule has 2 atom stereocenters. The van der Waals surface area contributed by atoms with Gasteiger partial charge in [-0.1, -0.05) is 19.8 Å². The smallest absolute Gasteiger partial charge is 0.0135 e. The standard InChI is InChI=1S/C15H30N2/c1-12-7-9-14(10-8-12)17(2)15-6-4-3-5-13(15)11-16/h12-15H,3-11,16H2,1-2H3. The fourth-order valence-corrected chi connectivity index (χ4v) is 3.92. The number of hydrogen-bond donors (Lipinski definition) is 1. The maximum absolute atomic E-state index is 5.96. The Hall–Kier alpha value is -0.0800. The van der Waals surface area contributed by atoms with E-state index >= 15 is 0 Å². The molecule has 2 N–H and O–H groups in total. The van der Waals surface area contributed by atoms with E-state index in [9.17, 15) is 0 Å². The molecule has 17 heavy (non-hydrogen) atoms. The van der Waals surface area contributed by atoms with E-state index in [1.807, 2.05) is 0 Å². The molecule has 2 nitrogen and oxygen atoms in total. The minimum Gasteiger partial charge on any atom is -0.330 e. The van der Waals surface area contributed by atoms with E-state index in [1.54, 1.807) is 0 Å². The van der Waals surface area contributed by atoms with Crippen LogP contribution in [0.25, 0.3) is 0 Å². The summed E-state index contributed by atoms with van der Waals surface area (Å²) in [5.41, 5.74) is 5.96. The van der Waals surface area contributed by atoms with Gasteiger partial charge in [-0.2, -0.15) is 0 Å². The van der Waals surface area contributed by atoms with Crippen molar-refractivity contribution >= 4 is 0 Å². The summed E-state index contributed by atoms with van der Waals surface area (Å²) in [5.74, 6) is 1.71. The molecule has 0 spiro atoms. The van der Waals surface area contributed by atoms with Gasteiger partial charge in [0.15, 0.2) is 0 Å². The molecular formula is C15H30N2. The van der Waals surface area contributed by atoms with Gasteiger partial charge in [0.1, 0.15) is 0 Å². The van der Waals surface area contributed by atoms with Gasteiger partial charge in [-0.25, -0.2) is 0 Å². The molecule has 100 valence electrons. The van der Waals surface area contributed by atoms with Crippen molar-refractivity contribution in [3.05, 3.63) is 0 Å². The van der Waals surface area contributed by atoms with Crippen molar-refractivity contribution < 1.29 is 0 Å². The molecule has 0 aromatic heterocycles. The van der Waals surface area contributed by atoms with Crippen LogP contribution in [0.2, 0.25) is 0 Å². The number of rotatable bonds is 3. The number of nitrogens with zero attached hydrogens (tertiary/aromatic N) is 1. The van der Waals surface area contributed by atoms with Crippen molar-refractivity contribution in [2.45, 2.75) is 70.4 Å². The first-order valence-electron chi connectivity index (χ1n) is 7.64. The van der Waals surface area contributed by atoms with Crippen LogP contribution in [0.3, 0.4) is 0 Å². The second kappa shape index (κ2) is 6.19. The van der Waals surface area contributed by atoms with Crippen LogP contribution in [0, 0.1) is 11.8 Å². The molecule has 0 aromatic carbocycles. The maximum Gasteiger partial charge on any atom is 0.0135 e. The first kappa shape index (κ1) is 13.4. The first-order chi connectivity index (χ1) is 8.22. The minimum absolute atomic E-state index is 0.757. The van der Waals surface area contributed by atoms with E-state index in [2.05, 4.69) is 18.9 Å². The summed E-state index contributed by atoms with van der Waals surface area (Å²) in [6.45, 7) is 3.29. The third-order valence-electron chi connectivity index (χ3n) is 5.26. The topological polar surface area (TPSA) is 29.3 Å². The summed E-state index contributed by atoms with van der Waals surface area (Å²) >= 11 is 0. The molecular weight excluding hydrogens is 208 g/mol. The van der Waals surface area contributed by atoms with Gasteiger partial charge < -0.3 is 10.6 Å². The van der Waals surface area contributed by atoms with Crippen LogP contribution in [0.5, 0.6) is 0 Å². The van der Waals surface area contributed by atoms with Crippen LogP contribution in [-0.4, -0.2) is 30.6 Å². The summed E-state index contributed by atoms with van der Waals surface area (Å²) in [5, 5.41) is 0. The Balaban J connectivity index is 1.90. The fourth-order valence-electron chi connectivity index (χ4n) is 3.92. The van der Waals surface area contributed by atoms with Crippen LogP contribution >= 0.6 is 0 Å². The molecule has 0 aliphatic heterocycles. The SMILES string of the molecule is CC1CCC(N(C)C2CCCCC2CN)CC1. The lowest BCUT2D eigenvalue weighted by Gasteiger charge is -2.43. The van der Waals surface area contributed by atoms with E-state index < -0.39 is 0 Å². The highest BCUT2D eigenvalue weighted by atomic mass is 15.2. The first-order valence-corrected chi connectivity index (χ1v) is 7.64. The zero-order chi connectivity index (χ0) is 12.3. The van der Waals surface area contributed by atoms with Gasteiger partial charge in [0, 0.05) is 12.1 Å². The van der Waals surface area contributed by atoms with Crippen molar-refractivity contribution in [2.24, 2.45) is 17.6 Å². The summed E-state index contributed by atoms with van der Waals surface area (Å²) in [6.07, 6.45) is 11.2. The second-order valence-electron chi connectivity index (χ2n) is 6.43. The monoisotopic (exact) mass is 238 g/mol. The van der Waals surface area contributed by atoms with Crippen molar-refractivity contribution in [3.63, 3.8) is 0 Å². The van der Waals surface area contributed by atoms with Gasteiger partial charge in [0.2, 0.25) is 0 Å². The molecule has 0 heterocycles. The van der Waals surface area contributed by atoms with Crippen LogP contribution in [0.15, 0.2) is 0 Å². The maximum atomic E-state index is 5.96. The summed E-state index contributed by atoms with van der Waals surface area (Å²) < 4.78 is 0. The van der Waals surface area contributed by atoms with Gasteiger partial charge in [-0.3, -0.25) is 0 Å². The Morgan fingerprint density at radius 1 is 1.00 bits per heavy atom. The molecule has 2 saturated carbocycles. The van der Waals surface area contributed by atoms with Gasteiger partial charge >= 0.3 is 0 Å². The number of nitrogens with two attached hydrogens (primary N) is 1. The largest absolute Gasteiger partial charge is 0.330 e. The van der Waals surface area contributed by atoms with Crippen LogP contribution in [-0.2, 0) is 0 Å². The van der Waals surface area contributed by atoms with E-state index in [1.165, 1.54) is 51.4 Å². The highest BCUT2D eigenvalue weighted by Crippen LogP contribution is 2.33. The van der Waals surface area contributed by atoms with Gasteiger partial charge in [0.25, 0.3) is 0 Å². The predicted octanol–water partition coefficient (Wildman–Crippen LogP) is 3.01. The molecule has 2 aliphatic carbocycles. The molecule has 2 rings (SSSR count). The normalized spacial score (nSPS) is 39.5. The Labute approximate surface area is 107 Å². The van der Waals surface area contributed by atoms with Crippen LogP contribution in [0.4, 0.5) is 0 Å². The van der Waals surface area contributed by atoms with E-state index in [0.717, 1.165) is 30.5 Å². The highest BCUT2D eigenvalue weighted by Gasteiger charge is 2.32. The van der Waals surface area contributed by atoms with Crippen LogP contribution < -0.4 is 5.73 Å². The van der Waals surface area contributed by atoms with E-state index in [-0.39, 0.29) is 0 Å². The average Bonchev–Trinajstić information content (AvgIpc) is 2.39. The lowest BCUT2D eigenvalue weighted by Crippen LogP contribution is -2.48. The minimum atomic E-state index is 0.757. The molecule has 2 unspecified atom stereocenters. The zero-order valence-corrected chi connectivity index (χ0v) is 11.7. The third kappa shape index (κ3) is 3.23. The average molecular weight is 238 g/mol. The van der Waals surface area contributed by atoms with Gasteiger partial charge in [-0.15, -0.1) is 0 Å². The quantitative estimate of drug-likeness (QED) is 0.819. The lowest BCUT2D eigenvalue weighted by atomic mass is 9.80. The molecule has 0 aromatic rings. The summed E-state index contributed by atoms with van der Waals surface area (Å²) in [6, 6.07) is 1.61. The van der Waals surface area contributed by atoms with E-state index in [4.69, 9.17) is 5.73 Å². The van der Waals surface area contributed by atoms with E-state index in [0.29, 0.717) is 0 Å². The van der Waals surface area contributed by atoms with Crippen molar-refractivity contribution in [1.29, 1.82) is 0 Å². The molecule has 2 aliphatic rings. The lowest BCUT2D eigenvalue weighted by molar-refractivity contribution is 0.0666.